The molecule has 82 valence electrons. The first-order valence-corrected chi connectivity index (χ1v) is 5.27. The van der Waals surface area contributed by atoms with Crippen LogP contribution in [0.4, 0.5) is 0 Å². The van der Waals surface area contributed by atoms with Gasteiger partial charge in [-0.05, 0) is 44.0 Å². The van der Waals surface area contributed by atoms with Crippen molar-refractivity contribution in [2.24, 2.45) is 5.92 Å². The van der Waals surface area contributed by atoms with Gasteiger partial charge in [-0.1, -0.05) is 0 Å². The smallest absolute Gasteiger partial charge is 0.374 e. The average Bonchev–Trinajstić information content (AvgIpc) is 2.81. The predicted molar refractivity (Wildman–Crippen MR) is 54.6 cm³/mol. The quantitative estimate of drug-likeness (QED) is 0.765. The van der Waals surface area contributed by atoms with Gasteiger partial charge in [-0.25, -0.2) is 4.79 Å². The van der Waals surface area contributed by atoms with Crippen LogP contribution in [0.1, 0.15) is 23.4 Å². The van der Waals surface area contributed by atoms with Gasteiger partial charge in [0, 0.05) is 0 Å². The Morgan fingerprint density at radius 3 is 3.00 bits per heavy atom. The number of carbonyl (C=O) groups excluding carboxylic acids is 1. The van der Waals surface area contributed by atoms with E-state index in [4.69, 9.17) is 9.15 Å². The molecule has 0 unspecified atom stereocenters. The summed E-state index contributed by atoms with van der Waals surface area (Å²) in [6.07, 6.45) is 3.62. The second-order valence-electron chi connectivity index (χ2n) is 3.77. The van der Waals surface area contributed by atoms with Gasteiger partial charge in [0.05, 0.1) is 12.9 Å². The molecule has 4 heteroatoms. The summed E-state index contributed by atoms with van der Waals surface area (Å²) in [5, 5.41) is 3.27. The molecule has 1 aliphatic rings. The standard InChI is InChI=1S/C11H15NO3/c13-11(10-2-1-7-14-10)15-8-9-3-5-12-6-4-9/h1-2,7,9,12H,3-6,8H2. The Balaban J connectivity index is 1.75. The van der Waals surface area contributed by atoms with E-state index in [1.54, 1.807) is 12.1 Å². The molecule has 0 aromatic carbocycles. The minimum Gasteiger partial charge on any atom is -0.460 e. The second-order valence-corrected chi connectivity index (χ2v) is 3.77. The summed E-state index contributed by atoms with van der Waals surface area (Å²) in [6.45, 7) is 2.53. The first kappa shape index (κ1) is 10.2. The molecular weight excluding hydrogens is 194 g/mol. The van der Waals surface area contributed by atoms with Crippen molar-refractivity contribution >= 4 is 5.97 Å². The van der Waals surface area contributed by atoms with E-state index in [1.807, 2.05) is 0 Å². The topological polar surface area (TPSA) is 51.5 Å². The van der Waals surface area contributed by atoms with E-state index in [1.165, 1.54) is 6.26 Å². The van der Waals surface area contributed by atoms with Gasteiger partial charge in [-0.3, -0.25) is 0 Å². The number of hydrogen-bond acceptors (Lipinski definition) is 4. The third-order valence-electron chi connectivity index (χ3n) is 2.63. The summed E-state index contributed by atoms with van der Waals surface area (Å²) < 4.78 is 10.1. The van der Waals surface area contributed by atoms with Gasteiger partial charge in [-0.2, -0.15) is 0 Å². The molecular formula is C11H15NO3. The second kappa shape index (κ2) is 4.98. The average molecular weight is 209 g/mol. The molecule has 2 heterocycles. The fraction of sp³-hybridized carbons (Fsp3) is 0.545. The highest BCUT2D eigenvalue weighted by Crippen LogP contribution is 2.13. The minimum atomic E-state index is -0.362. The lowest BCUT2D eigenvalue weighted by molar-refractivity contribution is 0.0380. The van der Waals surface area contributed by atoms with Crippen LogP contribution in [0.3, 0.4) is 0 Å². The lowest BCUT2D eigenvalue weighted by Crippen LogP contribution is -2.30. The van der Waals surface area contributed by atoms with Crippen molar-refractivity contribution in [1.82, 2.24) is 5.32 Å². The van der Waals surface area contributed by atoms with Gasteiger partial charge in [0.25, 0.3) is 0 Å². The third-order valence-corrected chi connectivity index (χ3v) is 2.63. The fourth-order valence-electron chi connectivity index (χ4n) is 1.71. The van der Waals surface area contributed by atoms with Crippen molar-refractivity contribution < 1.29 is 13.9 Å². The number of rotatable bonds is 3. The molecule has 1 aliphatic heterocycles. The van der Waals surface area contributed by atoms with Crippen LogP contribution in [0.15, 0.2) is 22.8 Å². The monoisotopic (exact) mass is 209 g/mol. The molecule has 0 amide bonds. The predicted octanol–water partition coefficient (Wildman–Crippen LogP) is 1.44. The summed E-state index contributed by atoms with van der Waals surface area (Å²) in [4.78, 5) is 11.4. The first-order valence-electron chi connectivity index (χ1n) is 5.27. The lowest BCUT2D eigenvalue weighted by Gasteiger charge is -2.21. The maximum atomic E-state index is 11.4. The van der Waals surface area contributed by atoms with E-state index in [0.717, 1.165) is 25.9 Å². The molecule has 1 fully saturated rings. The SMILES string of the molecule is O=C(OCC1CCNCC1)c1ccco1. The molecule has 1 aromatic rings. The zero-order valence-corrected chi connectivity index (χ0v) is 8.57. The van der Waals surface area contributed by atoms with Crippen molar-refractivity contribution in [3.05, 3.63) is 24.2 Å². The number of piperidine rings is 1. The van der Waals surface area contributed by atoms with Gasteiger partial charge >= 0.3 is 5.97 Å². The molecule has 1 N–H and O–H groups in total. The number of ether oxygens (including phenoxy) is 1. The Labute approximate surface area is 88.6 Å². The Morgan fingerprint density at radius 1 is 1.53 bits per heavy atom. The van der Waals surface area contributed by atoms with Gasteiger partial charge < -0.3 is 14.5 Å². The largest absolute Gasteiger partial charge is 0.460 e. The van der Waals surface area contributed by atoms with Gasteiger partial charge in [0.1, 0.15) is 0 Å². The molecule has 0 radical (unpaired) electrons. The van der Waals surface area contributed by atoms with Gasteiger partial charge in [-0.15, -0.1) is 0 Å². The molecule has 4 nitrogen and oxygen atoms in total. The van der Waals surface area contributed by atoms with Crippen LogP contribution in [0.5, 0.6) is 0 Å². The number of carbonyl (C=O) groups is 1. The maximum Gasteiger partial charge on any atom is 0.374 e. The highest BCUT2D eigenvalue weighted by atomic mass is 16.5. The van der Waals surface area contributed by atoms with Crippen molar-refractivity contribution in [1.29, 1.82) is 0 Å². The van der Waals surface area contributed by atoms with Crippen LogP contribution in [0.2, 0.25) is 0 Å². The summed E-state index contributed by atoms with van der Waals surface area (Å²) in [5.74, 6) is 0.410. The van der Waals surface area contributed by atoms with Crippen molar-refractivity contribution in [2.75, 3.05) is 19.7 Å². The molecule has 1 aromatic heterocycles. The van der Waals surface area contributed by atoms with Crippen LogP contribution in [0.25, 0.3) is 0 Å². The van der Waals surface area contributed by atoms with E-state index >= 15 is 0 Å². The highest BCUT2D eigenvalue weighted by molar-refractivity contribution is 5.86. The van der Waals surface area contributed by atoms with E-state index in [-0.39, 0.29) is 11.7 Å². The molecule has 0 atom stereocenters. The molecule has 0 spiro atoms. The van der Waals surface area contributed by atoms with E-state index < -0.39 is 0 Å². The maximum absolute atomic E-state index is 11.4. The molecule has 2 rings (SSSR count). The van der Waals surface area contributed by atoms with Crippen molar-refractivity contribution in [3.8, 4) is 0 Å². The highest BCUT2D eigenvalue weighted by Gasteiger charge is 2.16. The molecule has 1 saturated heterocycles. The van der Waals surface area contributed by atoms with Crippen LogP contribution >= 0.6 is 0 Å². The molecule has 15 heavy (non-hydrogen) atoms. The summed E-state index contributed by atoms with van der Waals surface area (Å²) in [5.41, 5.74) is 0. The van der Waals surface area contributed by atoms with Crippen LogP contribution in [0, 0.1) is 5.92 Å². The molecule has 0 aliphatic carbocycles. The minimum absolute atomic E-state index is 0.281. The van der Waals surface area contributed by atoms with Crippen LogP contribution in [-0.4, -0.2) is 25.7 Å². The first-order chi connectivity index (χ1) is 7.36. The lowest BCUT2D eigenvalue weighted by atomic mass is 9.99. The summed E-state index contributed by atoms with van der Waals surface area (Å²) in [6, 6.07) is 3.30. The summed E-state index contributed by atoms with van der Waals surface area (Å²) >= 11 is 0. The van der Waals surface area contributed by atoms with Crippen molar-refractivity contribution in [2.45, 2.75) is 12.8 Å². The van der Waals surface area contributed by atoms with Gasteiger partial charge in [0.2, 0.25) is 5.76 Å². The Morgan fingerprint density at radius 2 is 2.33 bits per heavy atom. The Hall–Kier alpha value is -1.29. The third kappa shape index (κ3) is 2.83. The molecule has 0 saturated carbocycles. The Kier molecular flexibility index (Phi) is 3.40. The normalized spacial score (nSPS) is 17.6. The number of nitrogens with one attached hydrogen (secondary N) is 1. The number of furan rings is 1. The Bertz CT molecular complexity index is 302. The van der Waals surface area contributed by atoms with E-state index in [9.17, 15) is 4.79 Å². The van der Waals surface area contributed by atoms with Crippen LogP contribution < -0.4 is 5.32 Å². The zero-order chi connectivity index (χ0) is 10.5. The zero-order valence-electron chi connectivity index (χ0n) is 8.57. The van der Waals surface area contributed by atoms with Gasteiger partial charge in [0.15, 0.2) is 0 Å². The molecule has 0 bridgehead atoms. The van der Waals surface area contributed by atoms with Crippen molar-refractivity contribution in [3.63, 3.8) is 0 Å². The van der Waals surface area contributed by atoms with E-state index in [2.05, 4.69) is 5.32 Å². The van der Waals surface area contributed by atoms with Crippen LogP contribution in [-0.2, 0) is 4.74 Å². The number of hydrogen-bond donors (Lipinski definition) is 1. The fourth-order valence-corrected chi connectivity index (χ4v) is 1.71. The van der Waals surface area contributed by atoms with E-state index in [0.29, 0.717) is 12.5 Å². The summed E-state index contributed by atoms with van der Waals surface area (Å²) in [7, 11) is 0. The number of esters is 1.